The molecule has 1 fully saturated rings. The number of aliphatic hydroxyl groups excluding tert-OH is 1. The van der Waals surface area contributed by atoms with E-state index in [1.165, 1.54) is 5.56 Å². The minimum Gasteiger partial charge on any atom is -0.392 e. The predicted molar refractivity (Wildman–Crippen MR) is 76.6 cm³/mol. The van der Waals surface area contributed by atoms with Gasteiger partial charge in [-0.25, -0.2) is 0 Å². The van der Waals surface area contributed by atoms with E-state index in [2.05, 4.69) is 23.7 Å². The van der Waals surface area contributed by atoms with E-state index in [9.17, 15) is 5.11 Å². The Hall–Kier alpha value is -0.970. The molecule has 106 valence electrons. The normalized spacial score (nSPS) is 28.0. The Morgan fingerprint density at radius 1 is 1.47 bits per heavy atom. The van der Waals surface area contributed by atoms with Crippen molar-refractivity contribution in [3.8, 4) is 0 Å². The maximum Gasteiger partial charge on any atom is 0.0693 e. The zero-order valence-electron chi connectivity index (χ0n) is 11.9. The summed E-state index contributed by atoms with van der Waals surface area (Å²) in [6, 6.07) is 4.33. The number of β-amino-alcohol motifs (C(OH)–C–C–N with tert-alkyl or cyclic N) is 1. The van der Waals surface area contributed by atoms with Crippen LogP contribution in [0.5, 0.6) is 0 Å². The van der Waals surface area contributed by atoms with Crippen molar-refractivity contribution < 1.29 is 5.11 Å². The number of hydrogen-bond acceptors (Lipinski definition) is 4. The Bertz CT molecular complexity index is 384. The summed E-state index contributed by atoms with van der Waals surface area (Å²) in [5.41, 5.74) is 7.52. The van der Waals surface area contributed by atoms with Crippen LogP contribution in [-0.4, -0.2) is 40.2 Å². The van der Waals surface area contributed by atoms with Crippen LogP contribution < -0.4 is 5.73 Å². The fraction of sp³-hybridized carbons (Fsp3) is 0.667. The number of pyridine rings is 1. The van der Waals surface area contributed by atoms with Gasteiger partial charge in [0.15, 0.2) is 0 Å². The molecule has 0 saturated carbocycles. The van der Waals surface area contributed by atoms with Gasteiger partial charge in [0.2, 0.25) is 0 Å². The summed E-state index contributed by atoms with van der Waals surface area (Å²) in [5.74, 6) is 0.382. The van der Waals surface area contributed by atoms with Gasteiger partial charge in [-0.3, -0.25) is 9.88 Å². The molecule has 4 heteroatoms. The van der Waals surface area contributed by atoms with Crippen molar-refractivity contribution in [2.75, 3.05) is 13.1 Å². The van der Waals surface area contributed by atoms with Gasteiger partial charge in [0.05, 0.1) is 12.1 Å². The number of aromatic nitrogens is 1. The molecule has 0 amide bonds. The number of hydrogen-bond donors (Lipinski definition) is 2. The molecule has 4 atom stereocenters. The van der Waals surface area contributed by atoms with E-state index in [0.717, 1.165) is 19.4 Å². The Kier molecular flexibility index (Phi) is 4.91. The van der Waals surface area contributed by atoms with Gasteiger partial charge in [-0.1, -0.05) is 13.8 Å². The monoisotopic (exact) mass is 263 g/mol. The summed E-state index contributed by atoms with van der Waals surface area (Å²) in [6.45, 7) is 5.94. The van der Waals surface area contributed by atoms with Gasteiger partial charge in [0, 0.05) is 25.0 Å². The van der Waals surface area contributed by atoms with E-state index in [-0.39, 0.29) is 18.2 Å². The van der Waals surface area contributed by atoms with Crippen LogP contribution in [0.1, 0.15) is 38.3 Å². The summed E-state index contributed by atoms with van der Waals surface area (Å²) in [6.07, 6.45) is 5.33. The third kappa shape index (κ3) is 3.32. The molecule has 2 heterocycles. The second-order valence-electron chi connectivity index (χ2n) is 5.63. The van der Waals surface area contributed by atoms with Gasteiger partial charge in [-0.05, 0) is 43.0 Å². The lowest BCUT2D eigenvalue weighted by Crippen LogP contribution is -2.49. The van der Waals surface area contributed by atoms with E-state index in [1.807, 2.05) is 24.5 Å². The van der Waals surface area contributed by atoms with Crippen molar-refractivity contribution in [1.29, 1.82) is 0 Å². The molecule has 0 spiro atoms. The highest BCUT2D eigenvalue weighted by atomic mass is 16.3. The molecule has 0 bridgehead atoms. The molecular formula is C15H25N3O. The van der Waals surface area contributed by atoms with Crippen LogP contribution in [0.15, 0.2) is 24.5 Å². The number of rotatable bonds is 4. The number of nitrogens with zero attached hydrogens (tertiary/aromatic N) is 2. The van der Waals surface area contributed by atoms with Crippen molar-refractivity contribution in [1.82, 2.24) is 9.88 Å². The third-order valence-corrected chi connectivity index (χ3v) is 4.27. The number of aliphatic hydroxyl groups is 1. The topological polar surface area (TPSA) is 62.4 Å². The van der Waals surface area contributed by atoms with Crippen LogP contribution in [0, 0.1) is 5.92 Å². The largest absolute Gasteiger partial charge is 0.392 e. The average Bonchev–Trinajstić information content (AvgIpc) is 2.44. The molecule has 0 aliphatic carbocycles. The first-order valence-electron chi connectivity index (χ1n) is 7.21. The van der Waals surface area contributed by atoms with Crippen molar-refractivity contribution in [2.45, 2.75) is 44.9 Å². The molecule has 1 aromatic heterocycles. The number of piperidine rings is 1. The molecule has 19 heavy (non-hydrogen) atoms. The minimum atomic E-state index is -0.248. The summed E-state index contributed by atoms with van der Waals surface area (Å²) in [7, 11) is 0. The van der Waals surface area contributed by atoms with Crippen LogP contribution in [0.4, 0.5) is 0 Å². The highest BCUT2D eigenvalue weighted by molar-refractivity contribution is 5.17. The Morgan fingerprint density at radius 3 is 2.74 bits per heavy atom. The average molecular weight is 263 g/mol. The lowest BCUT2D eigenvalue weighted by molar-refractivity contribution is 0.00395. The standard InChI is InChI=1S/C15H25N3O/c1-3-13(16)15(12-4-7-17-8-5-12)18-9-6-11(2)14(19)10-18/h4-5,7-8,11,13-15,19H,3,6,9-10,16H2,1-2H3. The molecule has 1 saturated heterocycles. The van der Waals surface area contributed by atoms with Gasteiger partial charge in [-0.2, -0.15) is 0 Å². The van der Waals surface area contributed by atoms with E-state index in [0.29, 0.717) is 12.5 Å². The van der Waals surface area contributed by atoms with Crippen molar-refractivity contribution >= 4 is 0 Å². The summed E-state index contributed by atoms with van der Waals surface area (Å²) in [4.78, 5) is 6.40. The van der Waals surface area contributed by atoms with E-state index < -0.39 is 0 Å². The zero-order chi connectivity index (χ0) is 13.8. The van der Waals surface area contributed by atoms with Gasteiger partial charge in [-0.15, -0.1) is 0 Å². The highest BCUT2D eigenvalue weighted by Gasteiger charge is 2.32. The quantitative estimate of drug-likeness (QED) is 0.865. The van der Waals surface area contributed by atoms with Crippen molar-refractivity contribution in [3.05, 3.63) is 30.1 Å². The van der Waals surface area contributed by atoms with Crippen LogP contribution in [0.3, 0.4) is 0 Å². The van der Waals surface area contributed by atoms with E-state index in [1.54, 1.807) is 0 Å². The van der Waals surface area contributed by atoms with Crippen LogP contribution in [0.25, 0.3) is 0 Å². The maximum atomic E-state index is 10.1. The molecule has 1 aromatic rings. The smallest absolute Gasteiger partial charge is 0.0693 e. The van der Waals surface area contributed by atoms with Gasteiger partial charge < -0.3 is 10.8 Å². The first kappa shape index (κ1) is 14.4. The first-order valence-corrected chi connectivity index (χ1v) is 7.21. The Balaban J connectivity index is 2.19. The van der Waals surface area contributed by atoms with Crippen LogP contribution in [0.2, 0.25) is 0 Å². The van der Waals surface area contributed by atoms with E-state index in [4.69, 9.17) is 5.73 Å². The molecule has 4 unspecified atom stereocenters. The van der Waals surface area contributed by atoms with Crippen molar-refractivity contribution in [3.63, 3.8) is 0 Å². The second kappa shape index (κ2) is 6.46. The number of likely N-dealkylation sites (tertiary alicyclic amines) is 1. The van der Waals surface area contributed by atoms with Crippen LogP contribution in [-0.2, 0) is 0 Å². The van der Waals surface area contributed by atoms with Crippen molar-refractivity contribution in [2.24, 2.45) is 11.7 Å². The highest BCUT2D eigenvalue weighted by Crippen LogP contribution is 2.29. The molecule has 2 rings (SSSR count). The fourth-order valence-electron chi connectivity index (χ4n) is 2.84. The third-order valence-electron chi connectivity index (χ3n) is 4.27. The molecule has 1 aliphatic heterocycles. The maximum absolute atomic E-state index is 10.1. The molecule has 0 radical (unpaired) electrons. The Labute approximate surface area is 115 Å². The lowest BCUT2D eigenvalue weighted by atomic mass is 9.90. The fourth-order valence-corrected chi connectivity index (χ4v) is 2.84. The summed E-state index contributed by atoms with van der Waals surface area (Å²) in [5, 5.41) is 10.1. The second-order valence-corrected chi connectivity index (χ2v) is 5.63. The minimum absolute atomic E-state index is 0.0861. The molecule has 0 aromatic carbocycles. The molecule has 4 nitrogen and oxygen atoms in total. The molecule has 3 N–H and O–H groups in total. The van der Waals surface area contributed by atoms with E-state index >= 15 is 0 Å². The van der Waals surface area contributed by atoms with Gasteiger partial charge in [0.1, 0.15) is 0 Å². The number of nitrogens with two attached hydrogens (primary N) is 1. The predicted octanol–water partition coefficient (Wildman–Crippen LogP) is 1.56. The van der Waals surface area contributed by atoms with Gasteiger partial charge >= 0.3 is 0 Å². The zero-order valence-corrected chi connectivity index (χ0v) is 11.9. The summed E-state index contributed by atoms with van der Waals surface area (Å²) < 4.78 is 0. The first-order chi connectivity index (χ1) is 9.13. The Morgan fingerprint density at radius 2 is 2.16 bits per heavy atom. The van der Waals surface area contributed by atoms with Crippen LogP contribution >= 0.6 is 0 Å². The SMILES string of the molecule is CCC(N)C(c1ccncc1)N1CCC(C)C(O)C1. The summed E-state index contributed by atoms with van der Waals surface area (Å²) >= 11 is 0. The lowest BCUT2D eigenvalue weighted by Gasteiger charge is -2.41. The molecule has 1 aliphatic rings. The van der Waals surface area contributed by atoms with Gasteiger partial charge in [0.25, 0.3) is 0 Å². The molecular weight excluding hydrogens is 238 g/mol.